The maximum absolute atomic E-state index is 12.0. The van der Waals surface area contributed by atoms with Crippen LogP contribution in [0.5, 0.6) is 0 Å². The molecule has 1 aromatic carbocycles. The number of amides is 1. The van der Waals surface area contributed by atoms with E-state index in [1.54, 1.807) is 19.1 Å². The second kappa shape index (κ2) is 6.17. The molecule has 1 amide bonds. The van der Waals surface area contributed by atoms with Gasteiger partial charge in [0.05, 0.1) is 18.8 Å². The van der Waals surface area contributed by atoms with E-state index in [1.165, 1.54) is 6.07 Å². The fourth-order valence-electron chi connectivity index (χ4n) is 1.50. The fraction of sp³-hybridized carbons (Fsp3) is 0.417. The standard InChI is InChI=1S/C12H17BrN2O3/c1-2-12(6-16,7-17)15-11(18)8-3-9(13)5-10(14)4-8/h3-5,16-17H,2,6-7,14H2,1H3,(H,15,18). The van der Waals surface area contributed by atoms with Gasteiger partial charge in [-0.05, 0) is 24.6 Å². The van der Waals surface area contributed by atoms with Crippen LogP contribution in [0.25, 0.3) is 0 Å². The van der Waals surface area contributed by atoms with Crippen molar-refractivity contribution in [3.05, 3.63) is 28.2 Å². The summed E-state index contributed by atoms with van der Waals surface area (Å²) in [6, 6.07) is 4.85. The monoisotopic (exact) mass is 316 g/mol. The Morgan fingerprint density at radius 2 is 2.00 bits per heavy atom. The highest BCUT2D eigenvalue weighted by Gasteiger charge is 2.29. The second-order valence-electron chi connectivity index (χ2n) is 4.18. The van der Waals surface area contributed by atoms with Crippen molar-refractivity contribution in [3.63, 3.8) is 0 Å². The summed E-state index contributed by atoms with van der Waals surface area (Å²) >= 11 is 3.25. The van der Waals surface area contributed by atoms with Crippen molar-refractivity contribution in [1.82, 2.24) is 5.32 Å². The Bertz CT molecular complexity index is 405. The third-order valence-corrected chi connectivity index (χ3v) is 3.30. The maximum Gasteiger partial charge on any atom is 0.251 e. The van der Waals surface area contributed by atoms with Crippen LogP contribution in [0.3, 0.4) is 0 Å². The van der Waals surface area contributed by atoms with E-state index in [0.717, 1.165) is 0 Å². The lowest BCUT2D eigenvalue weighted by Gasteiger charge is -2.29. The van der Waals surface area contributed by atoms with E-state index in [2.05, 4.69) is 21.2 Å². The van der Waals surface area contributed by atoms with Gasteiger partial charge in [-0.3, -0.25) is 4.79 Å². The zero-order valence-electron chi connectivity index (χ0n) is 10.1. The van der Waals surface area contributed by atoms with Crippen molar-refractivity contribution < 1.29 is 15.0 Å². The lowest BCUT2D eigenvalue weighted by molar-refractivity contribution is 0.0653. The summed E-state index contributed by atoms with van der Waals surface area (Å²) in [6.07, 6.45) is 0.426. The molecule has 0 fully saturated rings. The molecule has 1 aromatic rings. The van der Waals surface area contributed by atoms with Gasteiger partial charge in [0.1, 0.15) is 0 Å². The molecule has 100 valence electrons. The number of halogens is 1. The number of nitrogens with one attached hydrogen (secondary N) is 1. The molecule has 0 aliphatic heterocycles. The highest BCUT2D eigenvalue weighted by Crippen LogP contribution is 2.18. The van der Waals surface area contributed by atoms with Gasteiger partial charge in [-0.15, -0.1) is 0 Å². The number of nitrogens with two attached hydrogens (primary N) is 1. The summed E-state index contributed by atoms with van der Waals surface area (Å²) in [5.41, 5.74) is 5.48. The molecule has 0 heterocycles. The number of aliphatic hydroxyl groups is 2. The third kappa shape index (κ3) is 3.44. The quantitative estimate of drug-likeness (QED) is 0.607. The maximum atomic E-state index is 12.0. The summed E-state index contributed by atoms with van der Waals surface area (Å²) < 4.78 is 0.697. The first-order valence-electron chi connectivity index (χ1n) is 5.56. The molecule has 0 aliphatic rings. The third-order valence-electron chi connectivity index (χ3n) is 2.84. The Morgan fingerprint density at radius 3 is 2.44 bits per heavy atom. The Kier molecular flexibility index (Phi) is 5.13. The normalized spacial score (nSPS) is 11.3. The summed E-state index contributed by atoms with van der Waals surface area (Å²) in [5.74, 6) is -0.382. The highest BCUT2D eigenvalue weighted by molar-refractivity contribution is 9.10. The molecule has 0 unspecified atom stereocenters. The number of anilines is 1. The molecule has 6 heteroatoms. The minimum Gasteiger partial charge on any atom is -0.399 e. The smallest absolute Gasteiger partial charge is 0.251 e. The largest absolute Gasteiger partial charge is 0.399 e. The predicted octanol–water partition coefficient (Wildman–Crippen LogP) is 0.895. The summed E-state index contributed by atoms with van der Waals surface area (Å²) in [6.45, 7) is 1.13. The van der Waals surface area contributed by atoms with Crippen LogP contribution in [0.1, 0.15) is 23.7 Å². The first kappa shape index (κ1) is 14.9. The average Bonchev–Trinajstić information content (AvgIpc) is 2.35. The van der Waals surface area contributed by atoms with E-state index in [0.29, 0.717) is 22.1 Å². The van der Waals surface area contributed by atoms with E-state index < -0.39 is 5.54 Å². The molecular formula is C12H17BrN2O3. The first-order valence-corrected chi connectivity index (χ1v) is 6.36. The van der Waals surface area contributed by atoms with Gasteiger partial charge in [0.15, 0.2) is 0 Å². The number of nitrogen functional groups attached to an aromatic ring is 1. The number of hydrogen-bond donors (Lipinski definition) is 4. The number of aliphatic hydroxyl groups excluding tert-OH is 2. The topological polar surface area (TPSA) is 95.6 Å². The van der Waals surface area contributed by atoms with Crippen LogP contribution >= 0.6 is 15.9 Å². The number of hydrogen-bond acceptors (Lipinski definition) is 4. The molecule has 0 aliphatic carbocycles. The number of carbonyl (C=O) groups is 1. The molecule has 5 nitrogen and oxygen atoms in total. The molecule has 1 rings (SSSR count). The van der Waals surface area contributed by atoms with Gasteiger partial charge in [-0.2, -0.15) is 0 Å². The van der Waals surface area contributed by atoms with Crippen LogP contribution in [-0.4, -0.2) is 34.9 Å². The predicted molar refractivity (Wildman–Crippen MR) is 73.2 cm³/mol. The van der Waals surface area contributed by atoms with Gasteiger partial charge >= 0.3 is 0 Å². The molecule has 0 spiro atoms. The van der Waals surface area contributed by atoms with Gasteiger partial charge < -0.3 is 21.3 Å². The fourth-order valence-corrected chi connectivity index (χ4v) is 2.01. The molecule has 0 aromatic heterocycles. The Balaban J connectivity index is 2.94. The molecule has 0 bridgehead atoms. The molecule has 0 radical (unpaired) electrons. The molecule has 0 saturated heterocycles. The van der Waals surface area contributed by atoms with Crippen molar-refractivity contribution in [2.24, 2.45) is 0 Å². The van der Waals surface area contributed by atoms with Gasteiger partial charge in [0.25, 0.3) is 5.91 Å². The Hall–Kier alpha value is -1.11. The van der Waals surface area contributed by atoms with Crippen LogP contribution in [0.15, 0.2) is 22.7 Å². The van der Waals surface area contributed by atoms with Gasteiger partial charge in [-0.25, -0.2) is 0 Å². The van der Waals surface area contributed by atoms with E-state index in [4.69, 9.17) is 5.73 Å². The van der Waals surface area contributed by atoms with Crippen molar-refractivity contribution >= 4 is 27.5 Å². The van der Waals surface area contributed by atoms with E-state index >= 15 is 0 Å². The summed E-state index contributed by atoms with van der Waals surface area (Å²) in [5, 5.41) is 21.2. The molecule has 0 saturated carbocycles. The average molecular weight is 317 g/mol. The van der Waals surface area contributed by atoms with Gasteiger partial charge in [0.2, 0.25) is 0 Å². The molecule has 0 atom stereocenters. The van der Waals surface area contributed by atoms with E-state index in [9.17, 15) is 15.0 Å². The van der Waals surface area contributed by atoms with Crippen LogP contribution < -0.4 is 11.1 Å². The molecule has 18 heavy (non-hydrogen) atoms. The number of carbonyl (C=O) groups excluding carboxylic acids is 1. The van der Waals surface area contributed by atoms with Crippen molar-refractivity contribution in [1.29, 1.82) is 0 Å². The van der Waals surface area contributed by atoms with Crippen molar-refractivity contribution in [2.45, 2.75) is 18.9 Å². The number of rotatable bonds is 5. The lowest BCUT2D eigenvalue weighted by Crippen LogP contribution is -2.53. The van der Waals surface area contributed by atoms with Crippen LogP contribution in [0.2, 0.25) is 0 Å². The zero-order valence-corrected chi connectivity index (χ0v) is 11.7. The lowest BCUT2D eigenvalue weighted by atomic mass is 9.98. The summed E-state index contributed by atoms with van der Waals surface area (Å²) in [4.78, 5) is 12.0. The van der Waals surface area contributed by atoms with Crippen LogP contribution in [0.4, 0.5) is 5.69 Å². The minimum absolute atomic E-state index is 0.324. The SMILES string of the molecule is CCC(CO)(CO)NC(=O)c1cc(N)cc(Br)c1. The minimum atomic E-state index is -1.01. The Morgan fingerprint density at radius 1 is 1.39 bits per heavy atom. The first-order chi connectivity index (χ1) is 8.46. The van der Waals surface area contributed by atoms with Crippen molar-refractivity contribution in [3.8, 4) is 0 Å². The van der Waals surface area contributed by atoms with Gasteiger partial charge in [0, 0.05) is 15.7 Å². The van der Waals surface area contributed by atoms with Crippen LogP contribution in [-0.2, 0) is 0 Å². The highest BCUT2D eigenvalue weighted by atomic mass is 79.9. The summed E-state index contributed by atoms with van der Waals surface area (Å²) in [7, 11) is 0. The van der Waals surface area contributed by atoms with E-state index in [1.807, 2.05) is 0 Å². The second-order valence-corrected chi connectivity index (χ2v) is 5.09. The van der Waals surface area contributed by atoms with Crippen molar-refractivity contribution in [2.75, 3.05) is 18.9 Å². The molecular weight excluding hydrogens is 300 g/mol. The van der Waals surface area contributed by atoms with Crippen LogP contribution in [0, 0.1) is 0 Å². The molecule has 5 N–H and O–H groups in total. The Labute approximate surface area is 114 Å². The zero-order chi connectivity index (χ0) is 13.8. The number of benzene rings is 1. The van der Waals surface area contributed by atoms with E-state index in [-0.39, 0.29) is 19.1 Å². The van der Waals surface area contributed by atoms with Gasteiger partial charge in [-0.1, -0.05) is 22.9 Å².